The molecule has 0 aliphatic heterocycles. The van der Waals surface area contributed by atoms with Crippen molar-refractivity contribution in [1.82, 2.24) is 5.32 Å². The molecule has 0 amide bonds. The van der Waals surface area contributed by atoms with Crippen LogP contribution in [0.15, 0.2) is 47.4 Å². The van der Waals surface area contributed by atoms with Gasteiger partial charge >= 0.3 is 0 Å². The number of anilines is 1. The van der Waals surface area contributed by atoms with Crippen molar-refractivity contribution < 1.29 is 12.8 Å². The molecule has 0 fully saturated rings. The van der Waals surface area contributed by atoms with Gasteiger partial charge in [0.05, 0.1) is 10.6 Å². The fourth-order valence-electron chi connectivity index (χ4n) is 1.77. The molecule has 0 saturated heterocycles. The molecule has 0 spiro atoms. The molecule has 112 valence electrons. The van der Waals surface area contributed by atoms with Crippen molar-refractivity contribution in [2.24, 2.45) is 0 Å². The van der Waals surface area contributed by atoms with Gasteiger partial charge in [0.2, 0.25) is 0 Å². The lowest BCUT2D eigenvalue weighted by molar-refractivity contribution is 0.598. The van der Waals surface area contributed by atoms with E-state index < -0.39 is 15.8 Å². The summed E-state index contributed by atoms with van der Waals surface area (Å²) in [5.41, 5.74) is 0.813. The summed E-state index contributed by atoms with van der Waals surface area (Å²) >= 11 is 5.63. The van der Waals surface area contributed by atoms with E-state index in [1.807, 2.05) is 0 Å². The minimum absolute atomic E-state index is 0.0664. The molecule has 21 heavy (non-hydrogen) atoms. The van der Waals surface area contributed by atoms with E-state index in [1.165, 1.54) is 24.3 Å². The Kier molecular flexibility index (Phi) is 4.82. The average Bonchev–Trinajstić information content (AvgIpc) is 2.43. The van der Waals surface area contributed by atoms with Gasteiger partial charge in [0.1, 0.15) is 5.82 Å². The van der Waals surface area contributed by atoms with E-state index in [1.54, 1.807) is 19.2 Å². The van der Waals surface area contributed by atoms with Crippen molar-refractivity contribution in [3.63, 3.8) is 0 Å². The first-order valence-corrected chi connectivity index (χ1v) is 8.00. The number of nitrogens with one attached hydrogen (secondary N) is 2. The summed E-state index contributed by atoms with van der Waals surface area (Å²) in [7, 11) is -2.03. The third-order valence-corrected chi connectivity index (χ3v) is 4.41. The number of benzene rings is 2. The Morgan fingerprint density at radius 2 is 1.81 bits per heavy atom. The molecule has 0 aromatic heterocycles. The molecule has 2 rings (SSSR count). The molecule has 4 nitrogen and oxygen atoms in total. The normalized spacial score (nSPS) is 11.4. The maximum atomic E-state index is 13.6. The van der Waals surface area contributed by atoms with Crippen molar-refractivity contribution in [2.75, 3.05) is 11.8 Å². The van der Waals surface area contributed by atoms with Crippen LogP contribution in [0.4, 0.5) is 10.1 Å². The third-order valence-electron chi connectivity index (χ3n) is 2.79. The highest BCUT2D eigenvalue weighted by atomic mass is 35.5. The van der Waals surface area contributed by atoms with Crippen LogP contribution in [0.25, 0.3) is 0 Å². The summed E-state index contributed by atoms with van der Waals surface area (Å²) in [4.78, 5) is 0.0664. The van der Waals surface area contributed by atoms with Gasteiger partial charge in [-0.15, -0.1) is 0 Å². The number of sulfonamides is 1. The van der Waals surface area contributed by atoms with Crippen molar-refractivity contribution in [1.29, 1.82) is 0 Å². The number of hydrogen-bond donors (Lipinski definition) is 2. The van der Waals surface area contributed by atoms with Crippen molar-refractivity contribution >= 4 is 27.3 Å². The molecule has 0 saturated carbocycles. The highest BCUT2D eigenvalue weighted by Gasteiger charge is 2.16. The zero-order valence-electron chi connectivity index (χ0n) is 11.2. The second-order valence-electron chi connectivity index (χ2n) is 4.40. The van der Waals surface area contributed by atoms with E-state index in [4.69, 9.17) is 11.6 Å². The van der Waals surface area contributed by atoms with Gasteiger partial charge in [-0.2, -0.15) is 0 Å². The summed E-state index contributed by atoms with van der Waals surface area (Å²) in [5, 5.41) is 3.17. The number of halogens is 2. The Morgan fingerprint density at radius 1 is 1.14 bits per heavy atom. The summed E-state index contributed by atoms with van der Waals surface area (Å²) in [6.45, 7) is 0.638. The molecule has 2 N–H and O–H groups in total. The molecule has 2 aromatic carbocycles. The topological polar surface area (TPSA) is 58.2 Å². The van der Waals surface area contributed by atoms with Crippen LogP contribution in [0.3, 0.4) is 0 Å². The van der Waals surface area contributed by atoms with Gasteiger partial charge < -0.3 is 5.32 Å². The van der Waals surface area contributed by atoms with E-state index in [0.29, 0.717) is 6.54 Å². The van der Waals surface area contributed by atoms with Crippen LogP contribution in [0.5, 0.6) is 0 Å². The quantitative estimate of drug-likeness (QED) is 0.887. The highest BCUT2D eigenvalue weighted by Crippen LogP contribution is 2.22. The number of hydrogen-bond acceptors (Lipinski definition) is 3. The maximum Gasteiger partial charge on any atom is 0.261 e. The van der Waals surface area contributed by atoms with Gasteiger partial charge in [-0.05, 0) is 42.9 Å². The average molecular weight is 329 g/mol. The van der Waals surface area contributed by atoms with Gasteiger partial charge in [0.15, 0.2) is 0 Å². The van der Waals surface area contributed by atoms with Crippen molar-refractivity contribution in [3.8, 4) is 0 Å². The SMILES string of the molecule is CNCc1ccc(S(=O)(=O)Nc2ccc(Cl)cc2F)cc1. The third kappa shape index (κ3) is 3.93. The minimum atomic E-state index is -3.83. The van der Waals surface area contributed by atoms with E-state index >= 15 is 0 Å². The van der Waals surface area contributed by atoms with Gasteiger partial charge in [0, 0.05) is 11.6 Å². The van der Waals surface area contributed by atoms with Gasteiger partial charge in [-0.25, -0.2) is 12.8 Å². The second kappa shape index (κ2) is 6.43. The molecular weight excluding hydrogens is 315 g/mol. The van der Waals surface area contributed by atoms with Crippen LogP contribution in [0, 0.1) is 5.82 Å². The first-order chi connectivity index (χ1) is 9.92. The zero-order chi connectivity index (χ0) is 15.5. The molecule has 0 atom stereocenters. The predicted molar refractivity (Wildman–Crippen MR) is 81.4 cm³/mol. The first kappa shape index (κ1) is 15.8. The fraction of sp³-hybridized carbons (Fsp3) is 0.143. The summed E-state index contributed by atoms with van der Waals surface area (Å²) in [5.74, 6) is -0.724. The predicted octanol–water partition coefficient (Wildman–Crippen LogP) is 3.00. The summed E-state index contributed by atoms with van der Waals surface area (Å²) < 4.78 is 40.2. The number of rotatable bonds is 5. The Labute approximate surface area is 128 Å². The second-order valence-corrected chi connectivity index (χ2v) is 6.52. The molecule has 0 unspecified atom stereocenters. The Morgan fingerprint density at radius 3 is 2.38 bits per heavy atom. The lowest BCUT2D eigenvalue weighted by atomic mass is 10.2. The van der Waals surface area contributed by atoms with Crippen LogP contribution in [0.1, 0.15) is 5.56 Å². The van der Waals surface area contributed by atoms with Crippen LogP contribution >= 0.6 is 11.6 Å². The van der Waals surface area contributed by atoms with Crippen LogP contribution in [0.2, 0.25) is 5.02 Å². The largest absolute Gasteiger partial charge is 0.316 e. The van der Waals surface area contributed by atoms with E-state index in [0.717, 1.165) is 11.6 Å². The van der Waals surface area contributed by atoms with E-state index in [9.17, 15) is 12.8 Å². The standard InChI is InChI=1S/C14H14ClFN2O2S/c1-17-9-10-2-5-12(6-3-10)21(19,20)18-14-7-4-11(15)8-13(14)16/h2-8,17-18H,9H2,1H3. The monoisotopic (exact) mass is 328 g/mol. The van der Waals surface area contributed by atoms with Gasteiger partial charge in [-0.3, -0.25) is 4.72 Å². The molecule has 2 aromatic rings. The van der Waals surface area contributed by atoms with Gasteiger partial charge in [0.25, 0.3) is 10.0 Å². The molecule has 0 aliphatic carbocycles. The minimum Gasteiger partial charge on any atom is -0.316 e. The molecule has 0 radical (unpaired) electrons. The maximum absolute atomic E-state index is 13.6. The van der Waals surface area contributed by atoms with Crippen molar-refractivity contribution in [2.45, 2.75) is 11.4 Å². The smallest absolute Gasteiger partial charge is 0.261 e. The zero-order valence-corrected chi connectivity index (χ0v) is 12.8. The molecule has 0 aliphatic rings. The molecule has 0 bridgehead atoms. The summed E-state index contributed by atoms with van der Waals surface area (Å²) in [6.07, 6.45) is 0. The molecular formula is C14H14ClFN2O2S. The van der Waals surface area contributed by atoms with E-state index in [2.05, 4.69) is 10.0 Å². The Balaban J connectivity index is 2.25. The lowest BCUT2D eigenvalue weighted by Gasteiger charge is -2.10. The Hall–Kier alpha value is -1.63. The summed E-state index contributed by atoms with van der Waals surface area (Å²) in [6, 6.07) is 10.1. The molecule has 0 heterocycles. The molecule has 7 heteroatoms. The lowest BCUT2D eigenvalue weighted by Crippen LogP contribution is -2.14. The van der Waals surface area contributed by atoms with E-state index in [-0.39, 0.29) is 15.6 Å². The van der Waals surface area contributed by atoms with Crippen LogP contribution in [-0.2, 0) is 16.6 Å². The van der Waals surface area contributed by atoms with Crippen LogP contribution in [-0.4, -0.2) is 15.5 Å². The Bertz CT molecular complexity index is 733. The first-order valence-electron chi connectivity index (χ1n) is 6.14. The van der Waals surface area contributed by atoms with Crippen LogP contribution < -0.4 is 10.0 Å². The fourth-order valence-corrected chi connectivity index (χ4v) is 2.99. The van der Waals surface area contributed by atoms with Crippen molar-refractivity contribution in [3.05, 3.63) is 58.9 Å². The van der Waals surface area contributed by atoms with Gasteiger partial charge in [-0.1, -0.05) is 23.7 Å². The highest BCUT2D eigenvalue weighted by molar-refractivity contribution is 7.92.